The number of amides is 2. The van der Waals surface area contributed by atoms with E-state index < -0.39 is 23.7 Å². The molecule has 1 aliphatic rings. The fraction of sp³-hybridized carbons (Fsp3) is 0.348. The molecule has 0 aliphatic carbocycles. The van der Waals surface area contributed by atoms with E-state index in [0.29, 0.717) is 30.1 Å². The van der Waals surface area contributed by atoms with Crippen LogP contribution < -0.4 is 9.47 Å². The van der Waals surface area contributed by atoms with Gasteiger partial charge in [0, 0.05) is 5.56 Å². The molecule has 1 aromatic rings. The number of esters is 1. The van der Waals surface area contributed by atoms with Gasteiger partial charge in [-0.15, -0.1) is 13.0 Å². The highest BCUT2D eigenvalue weighted by atomic mass is 32.2. The van der Waals surface area contributed by atoms with Crippen molar-refractivity contribution in [1.82, 2.24) is 4.90 Å². The van der Waals surface area contributed by atoms with E-state index in [2.05, 4.69) is 12.5 Å². The number of allylic oxidation sites excluding steroid dienone is 1. The Morgan fingerprint density at radius 2 is 2.06 bits per heavy atom. The molecule has 7 nitrogen and oxygen atoms in total. The molecule has 0 radical (unpaired) electrons. The molecule has 0 aromatic heterocycles. The number of ether oxygens (including phenoxy) is 3. The van der Waals surface area contributed by atoms with Gasteiger partial charge in [0.2, 0.25) is 0 Å². The summed E-state index contributed by atoms with van der Waals surface area (Å²) < 4.78 is 16.4. The van der Waals surface area contributed by atoms with Gasteiger partial charge in [-0.1, -0.05) is 12.0 Å². The lowest BCUT2D eigenvalue weighted by Gasteiger charge is -2.15. The van der Waals surface area contributed by atoms with Crippen molar-refractivity contribution in [1.29, 1.82) is 0 Å². The Balaban J connectivity index is 2.36. The third-order valence-electron chi connectivity index (χ3n) is 3.94. The first-order valence-electron chi connectivity index (χ1n) is 9.72. The quantitative estimate of drug-likeness (QED) is 0.235. The van der Waals surface area contributed by atoms with E-state index in [1.807, 2.05) is 13.0 Å². The van der Waals surface area contributed by atoms with Crippen molar-refractivity contribution in [3.05, 3.63) is 40.8 Å². The summed E-state index contributed by atoms with van der Waals surface area (Å²) in [6, 6.07) is 3.53. The number of hydrogen-bond acceptors (Lipinski definition) is 7. The molecule has 2 rings (SSSR count). The Labute approximate surface area is 186 Å². The molecule has 1 aromatic carbocycles. The zero-order valence-electron chi connectivity index (χ0n) is 17.8. The van der Waals surface area contributed by atoms with Gasteiger partial charge in [-0.2, -0.15) is 0 Å². The summed E-state index contributed by atoms with van der Waals surface area (Å²) in [6.45, 7) is 9.04. The summed E-state index contributed by atoms with van der Waals surface area (Å²) in [7, 11) is 0. The molecule has 1 aliphatic heterocycles. The maximum absolute atomic E-state index is 12.7. The van der Waals surface area contributed by atoms with Crippen molar-refractivity contribution >= 4 is 35.0 Å². The van der Waals surface area contributed by atoms with Gasteiger partial charge in [-0.05, 0) is 62.7 Å². The minimum atomic E-state index is -0.638. The number of terminal acetylenes is 1. The Hall–Kier alpha value is -3.18. The molecule has 8 heteroatoms. The standard InChI is InChI=1S/C23H25NO6S/c1-6-9-17-11-16(12-18(28-8-3)21(17)29-10-7-2)13-19-22(26)24(23(27)31-19)14-20(25)30-15(4)5/h2,6,11-13,15H,1,8-10,14H2,3-5H3/b19-13+. The molecule has 164 valence electrons. The van der Waals surface area contributed by atoms with E-state index in [9.17, 15) is 14.4 Å². The Kier molecular flexibility index (Phi) is 8.76. The third-order valence-corrected chi connectivity index (χ3v) is 4.85. The van der Waals surface area contributed by atoms with Gasteiger partial charge in [-0.25, -0.2) is 0 Å². The smallest absolute Gasteiger partial charge is 0.326 e. The number of rotatable bonds is 10. The van der Waals surface area contributed by atoms with Crippen LogP contribution in [0.15, 0.2) is 29.7 Å². The van der Waals surface area contributed by atoms with Crippen molar-refractivity contribution in [3.63, 3.8) is 0 Å². The van der Waals surface area contributed by atoms with E-state index in [4.69, 9.17) is 20.6 Å². The van der Waals surface area contributed by atoms with Crippen LogP contribution in [0, 0.1) is 12.3 Å². The summed E-state index contributed by atoms with van der Waals surface area (Å²) in [4.78, 5) is 37.9. The van der Waals surface area contributed by atoms with Crippen LogP contribution in [0.25, 0.3) is 6.08 Å². The van der Waals surface area contributed by atoms with E-state index in [0.717, 1.165) is 22.2 Å². The second-order valence-electron chi connectivity index (χ2n) is 6.73. The molecule has 1 fully saturated rings. The van der Waals surface area contributed by atoms with Gasteiger partial charge in [0.25, 0.3) is 11.1 Å². The lowest BCUT2D eigenvalue weighted by Crippen LogP contribution is -2.35. The van der Waals surface area contributed by atoms with Crippen LogP contribution in [0.5, 0.6) is 11.5 Å². The molecule has 0 N–H and O–H groups in total. The highest BCUT2D eigenvalue weighted by molar-refractivity contribution is 8.18. The number of hydrogen-bond donors (Lipinski definition) is 0. The molecule has 0 atom stereocenters. The zero-order valence-corrected chi connectivity index (χ0v) is 18.6. The average molecular weight is 444 g/mol. The largest absolute Gasteiger partial charge is 0.490 e. The highest BCUT2D eigenvalue weighted by Crippen LogP contribution is 2.37. The van der Waals surface area contributed by atoms with Gasteiger partial charge in [-0.3, -0.25) is 19.3 Å². The summed E-state index contributed by atoms with van der Waals surface area (Å²) in [6.07, 6.45) is 8.76. The summed E-state index contributed by atoms with van der Waals surface area (Å²) in [5.74, 6) is 2.23. The van der Waals surface area contributed by atoms with Crippen molar-refractivity contribution in [2.75, 3.05) is 19.8 Å². The average Bonchev–Trinajstić information content (AvgIpc) is 2.94. The monoisotopic (exact) mass is 443 g/mol. The van der Waals surface area contributed by atoms with Crippen molar-refractivity contribution in [3.8, 4) is 23.8 Å². The predicted molar refractivity (Wildman–Crippen MR) is 120 cm³/mol. The van der Waals surface area contributed by atoms with Crippen molar-refractivity contribution in [2.24, 2.45) is 0 Å². The van der Waals surface area contributed by atoms with Crippen LogP contribution in [-0.4, -0.2) is 47.9 Å². The summed E-state index contributed by atoms with van der Waals surface area (Å²) in [5.41, 5.74) is 1.42. The zero-order chi connectivity index (χ0) is 23.0. The first kappa shape index (κ1) is 24.1. The molecule has 2 amide bonds. The topological polar surface area (TPSA) is 82.1 Å². The minimum Gasteiger partial charge on any atom is -0.490 e. The van der Waals surface area contributed by atoms with E-state index >= 15 is 0 Å². The number of imide groups is 1. The highest BCUT2D eigenvalue weighted by Gasteiger charge is 2.36. The number of carbonyl (C=O) groups excluding carboxylic acids is 3. The first-order chi connectivity index (χ1) is 14.8. The molecule has 1 heterocycles. The second kappa shape index (κ2) is 11.3. The number of nitrogens with zero attached hydrogens (tertiary/aromatic N) is 1. The maximum Gasteiger partial charge on any atom is 0.326 e. The molecule has 1 saturated heterocycles. The molecule has 31 heavy (non-hydrogen) atoms. The van der Waals surface area contributed by atoms with E-state index in [1.54, 1.807) is 32.1 Å². The lowest BCUT2D eigenvalue weighted by molar-refractivity contribution is -0.149. The number of benzene rings is 1. The normalized spacial score (nSPS) is 14.7. The Morgan fingerprint density at radius 1 is 1.32 bits per heavy atom. The maximum atomic E-state index is 12.7. The Bertz CT molecular complexity index is 944. The predicted octanol–water partition coefficient (Wildman–Crippen LogP) is 3.81. The third kappa shape index (κ3) is 6.40. The van der Waals surface area contributed by atoms with Crippen LogP contribution in [0.1, 0.15) is 31.9 Å². The molecule has 0 spiro atoms. The fourth-order valence-electron chi connectivity index (χ4n) is 2.83. The molecular weight excluding hydrogens is 418 g/mol. The van der Waals surface area contributed by atoms with E-state index in [-0.39, 0.29) is 17.6 Å². The SMILES string of the molecule is C#CCOc1c(CC=C)cc(/C=C2/SC(=O)N(CC(=O)OC(C)C)C2=O)cc1OCC. The van der Waals surface area contributed by atoms with Crippen LogP contribution in [0.4, 0.5) is 4.79 Å². The van der Waals surface area contributed by atoms with E-state index in [1.165, 1.54) is 0 Å². The van der Waals surface area contributed by atoms with Gasteiger partial charge >= 0.3 is 5.97 Å². The van der Waals surface area contributed by atoms with Crippen molar-refractivity contribution in [2.45, 2.75) is 33.3 Å². The van der Waals surface area contributed by atoms with Crippen LogP contribution in [0.3, 0.4) is 0 Å². The van der Waals surface area contributed by atoms with Crippen molar-refractivity contribution < 1.29 is 28.6 Å². The fourth-order valence-corrected chi connectivity index (χ4v) is 3.67. The van der Waals surface area contributed by atoms with Gasteiger partial charge in [0.05, 0.1) is 17.6 Å². The molecule has 0 bridgehead atoms. The van der Waals surface area contributed by atoms with Gasteiger partial charge < -0.3 is 14.2 Å². The molecule has 0 unspecified atom stereocenters. The minimum absolute atomic E-state index is 0.0783. The summed E-state index contributed by atoms with van der Waals surface area (Å²) >= 11 is 0.766. The van der Waals surface area contributed by atoms with Gasteiger partial charge in [0.1, 0.15) is 13.2 Å². The van der Waals surface area contributed by atoms with Crippen LogP contribution >= 0.6 is 11.8 Å². The molecular formula is C23H25NO6S. The van der Waals surface area contributed by atoms with Crippen LogP contribution in [0.2, 0.25) is 0 Å². The summed E-state index contributed by atoms with van der Waals surface area (Å²) in [5, 5.41) is -0.526. The Morgan fingerprint density at radius 3 is 2.68 bits per heavy atom. The molecule has 0 saturated carbocycles. The van der Waals surface area contributed by atoms with Gasteiger partial charge in [0.15, 0.2) is 11.5 Å². The van der Waals surface area contributed by atoms with Crippen LogP contribution in [-0.2, 0) is 20.7 Å². The number of thioether (sulfide) groups is 1. The number of carbonyl (C=O) groups is 3. The second-order valence-corrected chi connectivity index (χ2v) is 7.73. The first-order valence-corrected chi connectivity index (χ1v) is 10.5. The lowest BCUT2D eigenvalue weighted by atomic mass is 10.0.